The molecule has 1 heterocycles. The molecular formula is C9H10N2O4. The summed E-state index contributed by atoms with van der Waals surface area (Å²) in [5.41, 5.74) is 0. The normalized spacial score (nSPS) is 19.9. The monoisotopic (exact) mass is 210 g/mol. The number of ether oxygens (including phenoxy) is 1. The lowest BCUT2D eigenvalue weighted by Gasteiger charge is -2.19. The molecule has 2 amide bonds. The third-order valence-corrected chi connectivity index (χ3v) is 2.18. The van der Waals surface area contributed by atoms with Crippen LogP contribution in [0.4, 0.5) is 0 Å². The average molecular weight is 210 g/mol. The highest BCUT2D eigenvalue weighted by Gasteiger charge is 2.40. The minimum atomic E-state index is -0.858. The van der Waals surface area contributed by atoms with Gasteiger partial charge >= 0.3 is 5.97 Å². The number of methoxy groups -OCH3 is 1. The molecule has 0 N–H and O–H groups in total. The molecule has 0 aromatic heterocycles. The second-order valence-corrected chi connectivity index (χ2v) is 3.07. The maximum absolute atomic E-state index is 11.4. The molecule has 6 heteroatoms. The van der Waals surface area contributed by atoms with Gasteiger partial charge in [0.1, 0.15) is 12.5 Å². The largest absolute Gasteiger partial charge is 0.467 e. The van der Waals surface area contributed by atoms with E-state index in [0.717, 1.165) is 4.90 Å². The van der Waals surface area contributed by atoms with Crippen LogP contribution < -0.4 is 0 Å². The third kappa shape index (κ3) is 2.13. The molecule has 0 saturated carbocycles. The zero-order valence-electron chi connectivity index (χ0n) is 8.23. The van der Waals surface area contributed by atoms with Gasteiger partial charge in [-0.2, -0.15) is 5.26 Å². The molecule has 0 bridgehead atoms. The molecule has 0 radical (unpaired) electrons. The van der Waals surface area contributed by atoms with Crippen LogP contribution in [0.3, 0.4) is 0 Å². The van der Waals surface area contributed by atoms with Crippen molar-refractivity contribution in [2.24, 2.45) is 0 Å². The van der Waals surface area contributed by atoms with Crippen molar-refractivity contribution in [1.29, 1.82) is 5.26 Å². The molecular weight excluding hydrogens is 200 g/mol. The Kier molecular flexibility index (Phi) is 3.39. The maximum Gasteiger partial charge on any atom is 0.329 e. The summed E-state index contributed by atoms with van der Waals surface area (Å²) in [6.07, 6.45) is -0.00115. The summed E-state index contributed by atoms with van der Waals surface area (Å²) in [4.78, 5) is 34.7. The number of nitrogens with zero attached hydrogens (tertiary/aromatic N) is 2. The van der Waals surface area contributed by atoms with Crippen LogP contribution in [-0.4, -0.2) is 35.8 Å². The molecule has 80 valence electrons. The van der Waals surface area contributed by atoms with E-state index in [2.05, 4.69) is 4.74 Å². The first kappa shape index (κ1) is 11.2. The third-order valence-electron chi connectivity index (χ3n) is 2.18. The Morgan fingerprint density at radius 1 is 1.67 bits per heavy atom. The van der Waals surface area contributed by atoms with E-state index < -0.39 is 30.2 Å². The lowest BCUT2D eigenvalue weighted by Crippen LogP contribution is -2.43. The zero-order valence-corrected chi connectivity index (χ0v) is 8.23. The van der Waals surface area contributed by atoms with Gasteiger partial charge in [-0.05, 0) is 6.42 Å². The molecule has 0 aromatic rings. The number of carbonyl (C=O) groups is 3. The standard InChI is InChI=1S/C9H10N2O4/c1-15-9(14)6-2-3-7(12)11(6)8(13)4-5-10/h6H,2-4H2,1H3. The van der Waals surface area contributed by atoms with Gasteiger partial charge in [0.05, 0.1) is 13.2 Å². The van der Waals surface area contributed by atoms with Crippen molar-refractivity contribution < 1.29 is 19.1 Å². The molecule has 0 aromatic carbocycles. The fraction of sp³-hybridized carbons (Fsp3) is 0.556. The number of hydrogen-bond donors (Lipinski definition) is 0. The summed E-state index contributed by atoms with van der Waals surface area (Å²) in [6, 6.07) is 0.789. The molecule has 0 spiro atoms. The summed E-state index contributed by atoms with van der Waals surface area (Å²) in [5.74, 6) is -1.69. The second-order valence-electron chi connectivity index (χ2n) is 3.07. The van der Waals surface area contributed by atoms with Gasteiger partial charge in [-0.25, -0.2) is 4.79 Å². The molecule has 15 heavy (non-hydrogen) atoms. The van der Waals surface area contributed by atoms with Crippen molar-refractivity contribution in [2.75, 3.05) is 7.11 Å². The number of amides is 2. The predicted octanol–water partition coefficient (Wildman–Crippen LogP) is -0.409. The molecule has 6 nitrogen and oxygen atoms in total. The summed E-state index contributed by atoms with van der Waals surface area (Å²) in [5, 5.41) is 8.34. The fourth-order valence-electron chi connectivity index (χ4n) is 1.51. The van der Waals surface area contributed by atoms with E-state index >= 15 is 0 Å². The number of nitriles is 1. The number of likely N-dealkylation sites (tertiary alicyclic amines) is 1. The van der Waals surface area contributed by atoms with Gasteiger partial charge < -0.3 is 4.74 Å². The van der Waals surface area contributed by atoms with E-state index in [4.69, 9.17) is 5.26 Å². The predicted molar refractivity (Wildman–Crippen MR) is 47.1 cm³/mol. The summed E-state index contributed by atoms with van der Waals surface area (Å²) < 4.78 is 4.47. The van der Waals surface area contributed by atoms with Crippen molar-refractivity contribution in [1.82, 2.24) is 4.90 Å². The smallest absolute Gasteiger partial charge is 0.329 e. The molecule has 1 saturated heterocycles. The Balaban J connectivity index is 2.82. The van der Waals surface area contributed by atoms with Crippen LogP contribution in [0.2, 0.25) is 0 Å². The molecule has 1 rings (SSSR count). The minimum Gasteiger partial charge on any atom is -0.467 e. The van der Waals surface area contributed by atoms with E-state index in [1.54, 1.807) is 6.07 Å². The van der Waals surface area contributed by atoms with E-state index in [-0.39, 0.29) is 12.8 Å². The van der Waals surface area contributed by atoms with Crippen LogP contribution in [0.1, 0.15) is 19.3 Å². The van der Waals surface area contributed by atoms with Gasteiger partial charge in [0.25, 0.3) is 0 Å². The molecule has 1 unspecified atom stereocenters. The van der Waals surface area contributed by atoms with Crippen molar-refractivity contribution >= 4 is 17.8 Å². The van der Waals surface area contributed by atoms with E-state index in [0.29, 0.717) is 0 Å². The van der Waals surface area contributed by atoms with Gasteiger partial charge in [0.2, 0.25) is 11.8 Å². The van der Waals surface area contributed by atoms with E-state index in [1.165, 1.54) is 7.11 Å². The van der Waals surface area contributed by atoms with Crippen molar-refractivity contribution in [3.8, 4) is 6.07 Å². The summed E-state index contributed by atoms with van der Waals surface area (Å²) >= 11 is 0. The number of imide groups is 1. The van der Waals surface area contributed by atoms with Gasteiger partial charge in [-0.15, -0.1) is 0 Å². The van der Waals surface area contributed by atoms with Gasteiger partial charge in [-0.1, -0.05) is 0 Å². The van der Waals surface area contributed by atoms with Crippen molar-refractivity contribution in [3.05, 3.63) is 0 Å². The fourth-order valence-corrected chi connectivity index (χ4v) is 1.51. The summed E-state index contributed by atoms with van der Waals surface area (Å²) in [7, 11) is 1.19. The minimum absolute atomic E-state index is 0.136. The topological polar surface area (TPSA) is 87.5 Å². The highest BCUT2D eigenvalue weighted by molar-refractivity contribution is 6.02. The number of hydrogen-bond acceptors (Lipinski definition) is 5. The van der Waals surface area contributed by atoms with Gasteiger partial charge in [0, 0.05) is 6.42 Å². The van der Waals surface area contributed by atoms with Crippen LogP contribution in [0.25, 0.3) is 0 Å². The van der Waals surface area contributed by atoms with Crippen LogP contribution in [0.15, 0.2) is 0 Å². The molecule has 1 aliphatic rings. The average Bonchev–Trinajstić information content (AvgIpc) is 2.59. The van der Waals surface area contributed by atoms with Crippen LogP contribution in [0, 0.1) is 11.3 Å². The van der Waals surface area contributed by atoms with Gasteiger partial charge in [0.15, 0.2) is 0 Å². The highest BCUT2D eigenvalue weighted by Crippen LogP contribution is 2.20. The number of esters is 1. The molecule has 1 aliphatic heterocycles. The highest BCUT2D eigenvalue weighted by atomic mass is 16.5. The van der Waals surface area contributed by atoms with Crippen LogP contribution in [-0.2, 0) is 19.1 Å². The number of rotatable bonds is 2. The molecule has 1 fully saturated rings. The van der Waals surface area contributed by atoms with Gasteiger partial charge in [-0.3, -0.25) is 14.5 Å². The second kappa shape index (κ2) is 4.55. The van der Waals surface area contributed by atoms with Crippen molar-refractivity contribution in [2.45, 2.75) is 25.3 Å². The van der Waals surface area contributed by atoms with Crippen molar-refractivity contribution in [3.63, 3.8) is 0 Å². The summed E-state index contributed by atoms with van der Waals surface area (Å²) in [6.45, 7) is 0. The SMILES string of the molecule is COC(=O)C1CCC(=O)N1C(=O)CC#N. The quantitative estimate of drug-likeness (QED) is 0.578. The van der Waals surface area contributed by atoms with Crippen LogP contribution >= 0.6 is 0 Å². The maximum atomic E-state index is 11.4. The van der Waals surface area contributed by atoms with E-state index in [9.17, 15) is 14.4 Å². The molecule has 0 aliphatic carbocycles. The lowest BCUT2D eigenvalue weighted by atomic mass is 10.2. The molecule has 1 atom stereocenters. The Bertz CT molecular complexity index is 345. The Morgan fingerprint density at radius 2 is 2.33 bits per heavy atom. The first-order valence-corrected chi connectivity index (χ1v) is 4.41. The Labute approximate surface area is 86.4 Å². The first-order valence-electron chi connectivity index (χ1n) is 4.41. The Morgan fingerprint density at radius 3 is 2.87 bits per heavy atom. The van der Waals surface area contributed by atoms with Crippen LogP contribution in [0.5, 0.6) is 0 Å². The van der Waals surface area contributed by atoms with E-state index in [1.807, 2.05) is 0 Å². The zero-order chi connectivity index (χ0) is 11.4. The number of carbonyl (C=O) groups excluding carboxylic acids is 3. The Hall–Kier alpha value is -1.90. The lowest BCUT2D eigenvalue weighted by molar-refractivity contribution is -0.155. The first-order chi connectivity index (χ1) is 7.11.